The van der Waals surface area contributed by atoms with Crippen LogP contribution in [-0.4, -0.2) is 32.6 Å². The number of nitrogens with two attached hydrogens (primary N) is 1. The van der Waals surface area contributed by atoms with Gasteiger partial charge in [0.1, 0.15) is 6.33 Å². The molecule has 96 valence electrons. The summed E-state index contributed by atoms with van der Waals surface area (Å²) in [4.78, 5) is 15.5. The van der Waals surface area contributed by atoms with Gasteiger partial charge in [0.2, 0.25) is 5.91 Å². The Hall–Kier alpha value is -0.660. The van der Waals surface area contributed by atoms with Gasteiger partial charge in [-0.25, -0.2) is 4.98 Å². The lowest BCUT2D eigenvalue weighted by Crippen LogP contribution is -2.55. The van der Waals surface area contributed by atoms with Crippen LogP contribution in [0.4, 0.5) is 0 Å². The molecule has 1 unspecified atom stereocenters. The highest BCUT2D eigenvalue weighted by molar-refractivity contribution is 8.00. The molecule has 0 saturated carbocycles. The number of amides is 1. The van der Waals surface area contributed by atoms with Crippen molar-refractivity contribution in [2.75, 3.05) is 5.75 Å². The Balaban J connectivity index is 2.47. The van der Waals surface area contributed by atoms with Gasteiger partial charge < -0.3 is 11.1 Å². The summed E-state index contributed by atoms with van der Waals surface area (Å²) in [5.41, 5.74) is 4.78. The van der Waals surface area contributed by atoms with Crippen LogP contribution < -0.4 is 11.1 Å². The molecule has 1 aromatic rings. The van der Waals surface area contributed by atoms with Crippen molar-refractivity contribution in [3.63, 3.8) is 0 Å². The molecule has 7 heteroatoms. The van der Waals surface area contributed by atoms with E-state index in [1.165, 1.54) is 17.9 Å². The van der Waals surface area contributed by atoms with Gasteiger partial charge in [-0.15, -0.1) is 0 Å². The molecule has 17 heavy (non-hydrogen) atoms. The fourth-order valence-electron chi connectivity index (χ4n) is 1.47. The molecule has 1 heterocycles. The zero-order valence-electron chi connectivity index (χ0n) is 10.3. The number of primary amides is 1. The first-order valence-electron chi connectivity index (χ1n) is 5.41. The Labute approximate surface area is 110 Å². The van der Waals surface area contributed by atoms with Gasteiger partial charge in [-0.1, -0.05) is 11.8 Å². The van der Waals surface area contributed by atoms with Crippen LogP contribution in [0.2, 0.25) is 0 Å². The maximum Gasteiger partial charge on any atom is 0.237 e. The van der Waals surface area contributed by atoms with Crippen molar-refractivity contribution < 1.29 is 4.79 Å². The number of hydrogen-bond donors (Lipinski definition) is 2. The summed E-state index contributed by atoms with van der Waals surface area (Å²) < 4.78 is 4.84. The van der Waals surface area contributed by atoms with Gasteiger partial charge in [0.15, 0.2) is 4.34 Å². The molecule has 0 aliphatic rings. The second-order valence-electron chi connectivity index (χ2n) is 4.30. The molecule has 1 amide bonds. The third-order valence-electron chi connectivity index (χ3n) is 2.32. The molecule has 0 aliphatic heterocycles. The summed E-state index contributed by atoms with van der Waals surface area (Å²) in [6.45, 7) is 5.84. The van der Waals surface area contributed by atoms with Crippen molar-refractivity contribution in [1.82, 2.24) is 14.7 Å². The molecule has 0 radical (unpaired) electrons. The van der Waals surface area contributed by atoms with Crippen molar-refractivity contribution in [1.29, 1.82) is 0 Å². The minimum atomic E-state index is -0.661. The van der Waals surface area contributed by atoms with Gasteiger partial charge in [0.25, 0.3) is 0 Å². The summed E-state index contributed by atoms with van der Waals surface area (Å²) in [7, 11) is 0. The smallest absolute Gasteiger partial charge is 0.237 e. The number of aromatic nitrogens is 2. The number of thioether (sulfide) groups is 1. The van der Waals surface area contributed by atoms with E-state index in [9.17, 15) is 4.79 Å². The van der Waals surface area contributed by atoms with E-state index in [-0.39, 0.29) is 11.9 Å². The van der Waals surface area contributed by atoms with Gasteiger partial charge in [0, 0.05) is 11.8 Å². The largest absolute Gasteiger partial charge is 0.368 e. The third kappa shape index (κ3) is 4.61. The molecule has 0 bridgehead atoms. The zero-order chi connectivity index (χ0) is 12.9. The Morgan fingerprint density at radius 3 is 2.88 bits per heavy atom. The number of nitrogens with zero attached hydrogens (tertiary/aromatic N) is 2. The van der Waals surface area contributed by atoms with Crippen LogP contribution in [0, 0.1) is 0 Å². The molecule has 0 fully saturated rings. The van der Waals surface area contributed by atoms with Crippen LogP contribution in [0.1, 0.15) is 27.2 Å². The maximum absolute atomic E-state index is 11.5. The molecular formula is C10H18N4OS2. The molecule has 1 rings (SSSR count). The van der Waals surface area contributed by atoms with E-state index in [2.05, 4.69) is 14.7 Å². The van der Waals surface area contributed by atoms with Gasteiger partial charge in [-0.05, 0) is 38.7 Å². The summed E-state index contributed by atoms with van der Waals surface area (Å²) in [6, 6.07) is 0.221. The van der Waals surface area contributed by atoms with Gasteiger partial charge in [-0.3, -0.25) is 4.79 Å². The van der Waals surface area contributed by atoms with Crippen molar-refractivity contribution in [2.45, 2.75) is 43.1 Å². The lowest BCUT2D eigenvalue weighted by Gasteiger charge is -2.29. The van der Waals surface area contributed by atoms with Crippen LogP contribution in [0.15, 0.2) is 10.7 Å². The van der Waals surface area contributed by atoms with Crippen LogP contribution in [0.3, 0.4) is 0 Å². The van der Waals surface area contributed by atoms with Crippen LogP contribution >= 0.6 is 23.3 Å². The molecule has 0 spiro atoms. The summed E-state index contributed by atoms with van der Waals surface area (Å²) in [6.07, 6.45) is 2.21. The van der Waals surface area contributed by atoms with E-state index in [0.29, 0.717) is 6.42 Å². The third-order valence-corrected chi connectivity index (χ3v) is 4.12. The van der Waals surface area contributed by atoms with Crippen LogP contribution in [0.25, 0.3) is 0 Å². The number of carbonyl (C=O) groups excluding carboxylic acids is 1. The molecule has 0 aromatic carbocycles. The van der Waals surface area contributed by atoms with Crippen molar-refractivity contribution in [2.24, 2.45) is 5.73 Å². The zero-order valence-corrected chi connectivity index (χ0v) is 11.9. The molecule has 3 N–H and O–H groups in total. The molecule has 1 aromatic heterocycles. The number of rotatable bonds is 7. The van der Waals surface area contributed by atoms with E-state index in [4.69, 9.17) is 5.73 Å². The van der Waals surface area contributed by atoms with Crippen molar-refractivity contribution in [3.05, 3.63) is 6.33 Å². The predicted octanol–water partition coefficient (Wildman–Crippen LogP) is 1.26. The van der Waals surface area contributed by atoms with Crippen LogP contribution in [-0.2, 0) is 4.79 Å². The SMILES string of the molecule is CC(C)NC(C)(CCSc1ncns1)C(N)=O. The van der Waals surface area contributed by atoms with E-state index < -0.39 is 5.54 Å². The number of carbonyl (C=O) groups is 1. The highest BCUT2D eigenvalue weighted by Crippen LogP contribution is 2.22. The van der Waals surface area contributed by atoms with Gasteiger partial charge >= 0.3 is 0 Å². The first-order chi connectivity index (χ1) is 7.94. The number of nitrogens with one attached hydrogen (secondary N) is 1. The van der Waals surface area contributed by atoms with E-state index in [1.807, 2.05) is 20.8 Å². The average Bonchev–Trinajstić information content (AvgIpc) is 2.69. The molecule has 0 saturated heterocycles. The van der Waals surface area contributed by atoms with E-state index in [0.717, 1.165) is 10.1 Å². The normalized spacial score (nSPS) is 14.8. The Kier molecular flexibility index (Phi) is 5.35. The summed E-state index contributed by atoms with van der Waals surface area (Å²) in [5.74, 6) is 0.470. The second-order valence-corrected chi connectivity index (χ2v) is 6.42. The molecule has 5 nitrogen and oxygen atoms in total. The van der Waals surface area contributed by atoms with E-state index >= 15 is 0 Å². The quantitative estimate of drug-likeness (QED) is 0.732. The fourth-order valence-corrected chi connectivity index (χ4v) is 3.15. The number of hydrogen-bond acceptors (Lipinski definition) is 6. The Morgan fingerprint density at radius 1 is 1.71 bits per heavy atom. The van der Waals surface area contributed by atoms with Crippen molar-refractivity contribution in [3.8, 4) is 0 Å². The molecule has 0 aliphatic carbocycles. The van der Waals surface area contributed by atoms with E-state index in [1.54, 1.807) is 11.8 Å². The lowest BCUT2D eigenvalue weighted by molar-refractivity contribution is -0.124. The molecule has 1 atom stereocenters. The first kappa shape index (κ1) is 14.4. The van der Waals surface area contributed by atoms with Crippen molar-refractivity contribution >= 4 is 29.2 Å². The minimum Gasteiger partial charge on any atom is -0.368 e. The monoisotopic (exact) mass is 274 g/mol. The highest BCUT2D eigenvalue weighted by Gasteiger charge is 2.30. The first-order valence-corrected chi connectivity index (χ1v) is 7.17. The fraction of sp³-hybridized carbons (Fsp3) is 0.700. The minimum absolute atomic E-state index is 0.221. The maximum atomic E-state index is 11.5. The second kappa shape index (κ2) is 6.32. The standard InChI is InChI=1S/C10H18N4OS2/c1-7(2)14-10(3,8(11)15)4-5-16-9-12-6-13-17-9/h6-7,14H,4-5H2,1-3H3,(H2,11,15). The summed E-state index contributed by atoms with van der Waals surface area (Å²) >= 11 is 2.96. The highest BCUT2D eigenvalue weighted by atomic mass is 32.2. The Bertz CT molecular complexity index is 355. The summed E-state index contributed by atoms with van der Waals surface area (Å²) in [5, 5.41) is 3.22. The van der Waals surface area contributed by atoms with Gasteiger partial charge in [-0.2, -0.15) is 4.37 Å². The van der Waals surface area contributed by atoms with Crippen LogP contribution in [0.5, 0.6) is 0 Å². The topological polar surface area (TPSA) is 80.9 Å². The average molecular weight is 274 g/mol. The Morgan fingerprint density at radius 2 is 2.41 bits per heavy atom. The predicted molar refractivity (Wildman–Crippen MR) is 71.1 cm³/mol. The van der Waals surface area contributed by atoms with Gasteiger partial charge in [0.05, 0.1) is 5.54 Å². The molecular weight excluding hydrogens is 256 g/mol. The lowest BCUT2D eigenvalue weighted by atomic mass is 9.97.